The molecule has 122 valence electrons. The molecule has 2 aliphatic heterocycles. The maximum atomic E-state index is 12.9. The van der Waals surface area contributed by atoms with Crippen molar-refractivity contribution in [3.63, 3.8) is 0 Å². The van der Waals surface area contributed by atoms with Gasteiger partial charge in [0.2, 0.25) is 5.88 Å². The van der Waals surface area contributed by atoms with Crippen molar-refractivity contribution in [3.8, 4) is 0 Å². The van der Waals surface area contributed by atoms with Crippen LogP contribution in [0, 0.1) is 20.8 Å². The maximum Gasteiger partial charge on any atom is 0.260 e. The zero-order valence-corrected chi connectivity index (χ0v) is 13.9. The molecule has 0 spiro atoms. The van der Waals surface area contributed by atoms with E-state index in [1.54, 1.807) is 13.3 Å². The number of furan rings is 1. The van der Waals surface area contributed by atoms with Crippen molar-refractivity contribution in [1.82, 2.24) is 4.90 Å². The number of nitrogens with zero attached hydrogens (tertiary/aromatic N) is 3. The van der Waals surface area contributed by atoms with Gasteiger partial charge in [0.15, 0.2) is 0 Å². The predicted molar refractivity (Wildman–Crippen MR) is 93.6 cm³/mol. The van der Waals surface area contributed by atoms with E-state index >= 15 is 0 Å². The molecule has 0 saturated carbocycles. The van der Waals surface area contributed by atoms with Gasteiger partial charge in [-0.25, -0.2) is 4.99 Å². The van der Waals surface area contributed by atoms with Crippen molar-refractivity contribution < 1.29 is 9.21 Å². The number of nitrogens with one attached hydrogen (secondary N) is 1. The fourth-order valence-electron chi connectivity index (χ4n) is 3.16. The number of aryl methyl sites for hydroxylation is 3. The van der Waals surface area contributed by atoms with Crippen LogP contribution in [0.3, 0.4) is 0 Å². The lowest BCUT2D eigenvalue weighted by atomic mass is 10.1. The first-order chi connectivity index (χ1) is 11.5. The van der Waals surface area contributed by atoms with Crippen LogP contribution in [-0.2, 0) is 0 Å². The van der Waals surface area contributed by atoms with E-state index in [1.807, 2.05) is 36.9 Å². The van der Waals surface area contributed by atoms with Crippen LogP contribution in [0.1, 0.15) is 32.8 Å². The molecule has 1 aromatic heterocycles. The highest BCUT2D eigenvalue weighted by Gasteiger charge is 2.33. The highest BCUT2D eigenvalue weighted by atomic mass is 16.4. The van der Waals surface area contributed by atoms with Crippen LogP contribution >= 0.6 is 0 Å². The Kier molecular flexibility index (Phi) is 3.26. The monoisotopic (exact) mass is 322 g/mol. The second kappa shape index (κ2) is 5.33. The molecule has 6 nitrogen and oxygen atoms in total. The SMILES string of the molecule is Cc1ccc(NC(=O)c2c(C)oc3c2C2=NCCN2C=N3)c(C)c1. The van der Waals surface area contributed by atoms with Crippen LogP contribution in [0.25, 0.3) is 0 Å². The van der Waals surface area contributed by atoms with Gasteiger partial charge in [-0.05, 0) is 32.4 Å². The Morgan fingerprint density at radius 1 is 1.29 bits per heavy atom. The molecule has 3 heterocycles. The fourth-order valence-corrected chi connectivity index (χ4v) is 3.16. The summed E-state index contributed by atoms with van der Waals surface area (Å²) in [5.74, 6) is 1.57. The van der Waals surface area contributed by atoms with Crippen LogP contribution in [0.2, 0.25) is 0 Å². The molecule has 2 aromatic rings. The number of carbonyl (C=O) groups excluding carboxylic acids is 1. The summed E-state index contributed by atoms with van der Waals surface area (Å²) in [5.41, 5.74) is 4.18. The van der Waals surface area contributed by atoms with Crippen LogP contribution in [0.5, 0.6) is 0 Å². The van der Waals surface area contributed by atoms with Gasteiger partial charge in [-0.3, -0.25) is 9.79 Å². The molecular weight excluding hydrogens is 304 g/mol. The van der Waals surface area contributed by atoms with Crippen LogP contribution in [0.15, 0.2) is 32.6 Å². The summed E-state index contributed by atoms with van der Waals surface area (Å²) in [5, 5.41) is 2.99. The van der Waals surface area contributed by atoms with Crippen molar-refractivity contribution >= 4 is 29.7 Å². The molecule has 0 atom stereocenters. The number of anilines is 1. The number of aliphatic imine (C=N–C) groups is 2. The molecular formula is C18H18N4O2. The quantitative estimate of drug-likeness (QED) is 0.923. The minimum absolute atomic E-state index is 0.198. The molecule has 1 amide bonds. The Bertz CT molecular complexity index is 908. The molecule has 1 aromatic carbocycles. The number of amidine groups is 1. The molecule has 0 radical (unpaired) electrons. The molecule has 0 unspecified atom stereocenters. The molecule has 0 bridgehead atoms. The van der Waals surface area contributed by atoms with Crippen LogP contribution in [-0.4, -0.2) is 36.1 Å². The van der Waals surface area contributed by atoms with E-state index in [4.69, 9.17) is 4.42 Å². The first kappa shape index (κ1) is 14.7. The van der Waals surface area contributed by atoms with Crippen molar-refractivity contribution in [3.05, 3.63) is 46.2 Å². The van der Waals surface area contributed by atoms with Gasteiger partial charge >= 0.3 is 0 Å². The van der Waals surface area contributed by atoms with Crippen molar-refractivity contribution in [2.24, 2.45) is 9.98 Å². The summed E-state index contributed by atoms with van der Waals surface area (Å²) in [4.78, 5) is 23.7. The summed E-state index contributed by atoms with van der Waals surface area (Å²) in [6.45, 7) is 7.27. The Morgan fingerprint density at radius 3 is 2.92 bits per heavy atom. The van der Waals surface area contributed by atoms with E-state index in [2.05, 4.69) is 15.3 Å². The van der Waals surface area contributed by atoms with E-state index in [1.165, 1.54) is 0 Å². The van der Waals surface area contributed by atoms with Gasteiger partial charge < -0.3 is 14.6 Å². The molecule has 2 aliphatic rings. The maximum absolute atomic E-state index is 12.9. The van der Waals surface area contributed by atoms with E-state index in [-0.39, 0.29) is 5.91 Å². The third kappa shape index (κ3) is 2.22. The van der Waals surface area contributed by atoms with Gasteiger partial charge in [-0.2, -0.15) is 0 Å². The number of hydrogen-bond donors (Lipinski definition) is 1. The number of benzene rings is 1. The third-order valence-electron chi connectivity index (χ3n) is 4.34. The molecule has 1 N–H and O–H groups in total. The Balaban J connectivity index is 1.74. The zero-order chi connectivity index (χ0) is 16.8. The van der Waals surface area contributed by atoms with E-state index in [0.717, 1.165) is 29.2 Å². The lowest BCUT2D eigenvalue weighted by molar-refractivity contribution is 0.102. The molecule has 4 rings (SSSR count). The first-order valence-corrected chi connectivity index (χ1v) is 7.92. The molecule has 6 heteroatoms. The van der Waals surface area contributed by atoms with Crippen LogP contribution in [0.4, 0.5) is 11.6 Å². The number of fused-ring (bicyclic) bond motifs is 3. The molecule has 0 saturated heterocycles. The zero-order valence-electron chi connectivity index (χ0n) is 13.9. The smallest absolute Gasteiger partial charge is 0.260 e. The normalized spacial score (nSPS) is 15.1. The van der Waals surface area contributed by atoms with Crippen molar-refractivity contribution in [2.75, 3.05) is 18.4 Å². The van der Waals surface area contributed by atoms with E-state index in [0.29, 0.717) is 29.3 Å². The highest BCUT2D eigenvalue weighted by molar-refractivity contribution is 6.19. The predicted octanol–water partition coefficient (Wildman–Crippen LogP) is 3.19. The average Bonchev–Trinajstić information content (AvgIpc) is 3.12. The number of amides is 1. The lowest BCUT2D eigenvalue weighted by Crippen LogP contribution is -2.30. The third-order valence-corrected chi connectivity index (χ3v) is 4.34. The summed E-state index contributed by atoms with van der Waals surface area (Å²) in [6, 6.07) is 5.94. The summed E-state index contributed by atoms with van der Waals surface area (Å²) in [6.07, 6.45) is 1.71. The van der Waals surface area contributed by atoms with Gasteiger partial charge in [-0.15, -0.1) is 0 Å². The minimum atomic E-state index is -0.198. The topological polar surface area (TPSA) is 70.2 Å². The molecule has 0 aliphatic carbocycles. The number of hydrogen-bond acceptors (Lipinski definition) is 5. The fraction of sp³-hybridized carbons (Fsp3) is 0.278. The summed E-state index contributed by atoms with van der Waals surface area (Å²) in [7, 11) is 0. The number of rotatable bonds is 2. The largest absolute Gasteiger partial charge is 0.442 e. The van der Waals surface area contributed by atoms with Gasteiger partial charge in [0.1, 0.15) is 17.9 Å². The van der Waals surface area contributed by atoms with Crippen molar-refractivity contribution in [1.29, 1.82) is 0 Å². The standard InChI is InChI=1S/C18H18N4O2/c1-10-4-5-13(11(2)8-10)21-17(23)14-12(3)24-18-15(14)16-19-6-7-22(16)9-20-18/h4-5,8-9H,6-7H2,1-3H3,(H,21,23). The first-order valence-electron chi connectivity index (χ1n) is 7.92. The Labute approximate surface area is 139 Å². The van der Waals surface area contributed by atoms with Gasteiger partial charge in [0.25, 0.3) is 5.91 Å². The van der Waals surface area contributed by atoms with Crippen LogP contribution < -0.4 is 5.32 Å². The molecule has 0 fully saturated rings. The number of carbonyl (C=O) groups is 1. The highest BCUT2D eigenvalue weighted by Crippen LogP contribution is 2.34. The minimum Gasteiger partial charge on any atom is -0.442 e. The molecule has 24 heavy (non-hydrogen) atoms. The second-order valence-corrected chi connectivity index (χ2v) is 6.13. The summed E-state index contributed by atoms with van der Waals surface area (Å²) < 4.78 is 5.69. The Hall–Kier alpha value is -2.89. The summed E-state index contributed by atoms with van der Waals surface area (Å²) >= 11 is 0. The van der Waals surface area contributed by atoms with Gasteiger partial charge in [0, 0.05) is 12.2 Å². The lowest BCUT2D eigenvalue weighted by Gasteiger charge is -2.18. The van der Waals surface area contributed by atoms with Crippen molar-refractivity contribution in [2.45, 2.75) is 20.8 Å². The Morgan fingerprint density at radius 2 is 2.12 bits per heavy atom. The van der Waals surface area contributed by atoms with Gasteiger partial charge in [0.05, 0.1) is 17.7 Å². The second-order valence-electron chi connectivity index (χ2n) is 6.13. The van der Waals surface area contributed by atoms with E-state index in [9.17, 15) is 4.79 Å². The average molecular weight is 322 g/mol. The van der Waals surface area contributed by atoms with E-state index < -0.39 is 0 Å². The van der Waals surface area contributed by atoms with Gasteiger partial charge in [-0.1, -0.05) is 17.7 Å².